The highest BCUT2D eigenvalue weighted by atomic mass is 19.1. The molecule has 5 heteroatoms. The molecule has 0 radical (unpaired) electrons. The van der Waals surface area contributed by atoms with Crippen molar-refractivity contribution in [3.05, 3.63) is 76.0 Å². The Hall–Kier alpha value is -2.95. The zero-order valence-corrected chi connectivity index (χ0v) is 11.7. The lowest BCUT2D eigenvalue weighted by Crippen LogP contribution is -2.13. The average Bonchev–Trinajstić information content (AvgIpc) is 2.47. The molecule has 1 aromatic rings. The molecule has 0 bridgehead atoms. The van der Waals surface area contributed by atoms with Crippen molar-refractivity contribution in [3.8, 4) is 16.8 Å². The fourth-order valence-corrected chi connectivity index (χ4v) is 2.56. The van der Waals surface area contributed by atoms with E-state index in [-0.39, 0.29) is 16.8 Å². The van der Waals surface area contributed by atoms with Gasteiger partial charge in [-0.05, 0) is 55.0 Å². The number of halogens is 1. The molecule has 0 amide bonds. The second-order valence-electron chi connectivity index (χ2n) is 4.99. The van der Waals surface area contributed by atoms with Crippen molar-refractivity contribution in [1.29, 1.82) is 0 Å². The summed E-state index contributed by atoms with van der Waals surface area (Å²) in [4.78, 5) is 23.1. The molecule has 22 heavy (non-hydrogen) atoms. The fourth-order valence-electron chi connectivity index (χ4n) is 2.56. The van der Waals surface area contributed by atoms with Crippen LogP contribution in [-0.2, 0) is 0 Å². The number of benzene rings is 2. The number of carboxylic acid groups (broad SMARTS) is 1. The number of aromatic carboxylic acids is 1. The number of carboxylic acids is 1. The molecular weight excluding hydrogens is 285 g/mol. The highest BCUT2D eigenvalue weighted by molar-refractivity contribution is 5.97. The maximum atomic E-state index is 13.1. The van der Waals surface area contributed by atoms with Crippen LogP contribution >= 0.6 is 0 Å². The minimum absolute atomic E-state index is 0.0690. The number of aromatic nitrogens is 1. The van der Waals surface area contributed by atoms with E-state index in [2.05, 4.69) is 0 Å². The van der Waals surface area contributed by atoms with E-state index in [0.717, 1.165) is 0 Å². The summed E-state index contributed by atoms with van der Waals surface area (Å²) in [5.74, 6) is -1.47. The van der Waals surface area contributed by atoms with Crippen molar-refractivity contribution in [2.24, 2.45) is 0 Å². The van der Waals surface area contributed by atoms with Gasteiger partial charge < -0.3 is 9.67 Å². The standard InChI is InChI=1S/C17H12FNO3/c1-10-16(17(21)22)15-8-14(20)7-2-11(15)9-19(10)13-5-3-12(18)4-6-13/h2-9H,1H3,(H,21,22). The van der Waals surface area contributed by atoms with E-state index in [4.69, 9.17) is 0 Å². The smallest absolute Gasteiger partial charge is 0.338 e. The third kappa shape index (κ3) is 2.26. The topological polar surface area (TPSA) is 59.3 Å². The number of hydrogen-bond acceptors (Lipinski definition) is 2. The summed E-state index contributed by atoms with van der Waals surface area (Å²) < 4.78 is 14.7. The molecule has 1 aliphatic heterocycles. The van der Waals surface area contributed by atoms with Crippen molar-refractivity contribution >= 4 is 5.97 Å². The van der Waals surface area contributed by atoms with Crippen LogP contribution in [0.25, 0.3) is 16.8 Å². The zero-order valence-electron chi connectivity index (χ0n) is 11.7. The molecular formula is C17H12FNO3. The van der Waals surface area contributed by atoms with Crippen LogP contribution in [0.4, 0.5) is 4.39 Å². The van der Waals surface area contributed by atoms with Gasteiger partial charge in [0.05, 0.1) is 5.56 Å². The van der Waals surface area contributed by atoms with Gasteiger partial charge in [-0.2, -0.15) is 0 Å². The van der Waals surface area contributed by atoms with Gasteiger partial charge in [-0.25, -0.2) is 9.18 Å². The number of rotatable bonds is 2. The lowest BCUT2D eigenvalue weighted by Gasteiger charge is -2.19. The van der Waals surface area contributed by atoms with E-state index >= 15 is 0 Å². The first kappa shape index (κ1) is 14.0. The molecule has 110 valence electrons. The molecule has 0 spiro atoms. The largest absolute Gasteiger partial charge is 0.478 e. The highest BCUT2D eigenvalue weighted by Gasteiger charge is 2.20. The highest BCUT2D eigenvalue weighted by Crippen LogP contribution is 2.29. The van der Waals surface area contributed by atoms with Crippen LogP contribution in [-0.4, -0.2) is 15.6 Å². The molecule has 0 unspecified atom stereocenters. The van der Waals surface area contributed by atoms with Crippen LogP contribution in [0.2, 0.25) is 0 Å². The summed E-state index contributed by atoms with van der Waals surface area (Å²) in [6.45, 7) is 1.66. The molecule has 0 fully saturated rings. The minimum atomic E-state index is -1.11. The Labute approximate surface area is 125 Å². The maximum absolute atomic E-state index is 13.1. The van der Waals surface area contributed by atoms with Crippen LogP contribution < -0.4 is 5.43 Å². The monoisotopic (exact) mass is 297 g/mol. The predicted octanol–water partition coefficient (Wildman–Crippen LogP) is 3.09. The Morgan fingerprint density at radius 1 is 1.14 bits per heavy atom. The van der Waals surface area contributed by atoms with Gasteiger partial charge in [0.1, 0.15) is 5.82 Å². The van der Waals surface area contributed by atoms with Crippen molar-refractivity contribution < 1.29 is 14.3 Å². The number of hydrogen-bond donors (Lipinski definition) is 1. The predicted molar refractivity (Wildman–Crippen MR) is 80.3 cm³/mol. The molecule has 3 rings (SSSR count). The first-order valence-corrected chi connectivity index (χ1v) is 6.62. The van der Waals surface area contributed by atoms with Gasteiger partial charge in [0.2, 0.25) is 0 Å². The van der Waals surface area contributed by atoms with E-state index < -0.39 is 5.97 Å². The van der Waals surface area contributed by atoms with Gasteiger partial charge in [-0.3, -0.25) is 4.79 Å². The first-order chi connectivity index (χ1) is 10.5. The van der Waals surface area contributed by atoms with Crippen molar-refractivity contribution in [3.63, 3.8) is 0 Å². The Kier molecular flexibility index (Phi) is 3.25. The molecule has 2 aliphatic rings. The Morgan fingerprint density at radius 2 is 1.82 bits per heavy atom. The lowest BCUT2D eigenvalue weighted by atomic mass is 9.97. The Balaban J connectivity index is 2.37. The quantitative estimate of drug-likeness (QED) is 0.790. The molecule has 0 atom stereocenters. The van der Waals surface area contributed by atoms with Gasteiger partial charge in [-0.1, -0.05) is 0 Å². The van der Waals surface area contributed by atoms with Crippen LogP contribution in [0, 0.1) is 12.7 Å². The van der Waals surface area contributed by atoms with E-state index in [0.29, 0.717) is 22.5 Å². The second kappa shape index (κ2) is 5.11. The maximum Gasteiger partial charge on any atom is 0.338 e. The molecule has 1 N–H and O–H groups in total. The van der Waals surface area contributed by atoms with Gasteiger partial charge in [0, 0.05) is 23.1 Å². The van der Waals surface area contributed by atoms with Gasteiger partial charge >= 0.3 is 5.97 Å². The summed E-state index contributed by atoms with van der Waals surface area (Å²) in [6.07, 6.45) is 1.74. The zero-order chi connectivity index (χ0) is 15.9. The van der Waals surface area contributed by atoms with Crippen molar-refractivity contribution in [1.82, 2.24) is 4.57 Å². The SMILES string of the molecule is Cc1c(C(=O)O)c2cc(=O)ccc-2cn1-c1ccc(F)cc1. The van der Waals surface area contributed by atoms with Gasteiger partial charge in [-0.15, -0.1) is 0 Å². The van der Waals surface area contributed by atoms with E-state index in [9.17, 15) is 19.1 Å². The third-order valence-corrected chi connectivity index (χ3v) is 3.60. The van der Waals surface area contributed by atoms with Crippen molar-refractivity contribution in [2.45, 2.75) is 6.92 Å². The van der Waals surface area contributed by atoms with E-state index in [1.165, 1.54) is 24.3 Å². The third-order valence-electron chi connectivity index (χ3n) is 3.60. The first-order valence-electron chi connectivity index (χ1n) is 6.62. The van der Waals surface area contributed by atoms with Crippen LogP contribution in [0.3, 0.4) is 0 Å². The molecule has 0 aromatic heterocycles. The average molecular weight is 297 g/mol. The van der Waals surface area contributed by atoms with Crippen molar-refractivity contribution in [2.75, 3.05) is 0 Å². The van der Waals surface area contributed by atoms with Gasteiger partial charge in [0.25, 0.3) is 0 Å². The number of carbonyl (C=O) groups is 1. The summed E-state index contributed by atoms with van der Waals surface area (Å²) in [5, 5.41) is 9.49. The minimum Gasteiger partial charge on any atom is -0.478 e. The van der Waals surface area contributed by atoms with E-state index in [1.54, 1.807) is 35.9 Å². The second-order valence-corrected chi connectivity index (χ2v) is 4.99. The summed E-state index contributed by atoms with van der Waals surface area (Å²) in [6, 6.07) is 10.1. The van der Waals surface area contributed by atoms with Gasteiger partial charge in [0.15, 0.2) is 5.43 Å². The molecule has 4 nitrogen and oxygen atoms in total. The fraction of sp³-hybridized carbons (Fsp3) is 0.0588. The number of fused-ring (bicyclic) bond motifs is 1. The van der Waals surface area contributed by atoms with E-state index in [1.807, 2.05) is 0 Å². The molecule has 1 heterocycles. The molecule has 1 aromatic carbocycles. The summed E-state index contributed by atoms with van der Waals surface area (Å²) in [7, 11) is 0. The Morgan fingerprint density at radius 3 is 2.45 bits per heavy atom. The van der Waals surface area contributed by atoms with Crippen LogP contribution in [0.1, 0.15) is 16.1 Å². The number of nitrogens with zero attached hydrogens (tertiary/aromatic N) is 1. The van der Waals surface area contributed by atoms with Crippen LogP contribution in [0.5, 0.6) is 0 Å². The lowest BCUT2D eigenvalue weighted by molar-refractivity contribution is 0.0696. The molecule has 1 aliphatic carbocycles. The summed E-state index contributed by atoms with van der Waals surface area (Å²) >= 11 is 0. The molecule has 0 saturated heterocycles. The molecule has 0 saturated carbocycles. The normalized spacial score (nSPS) is 10.8. The Bertz CT molecular complexity index is 897. The summed E-state index contributed by atoms with van der Waals surface area (Å²) in [5.41, 5.74) is 1.97. The number of pyridine rings is 1. The van der Waals surface area contributed by atoms with Crippen LogP contribution in [0.15, 0.2) is 53.5 Å².